The molecule has 0 radical (unpaired) electrons. The van der Waals surface area contributed by atoms with Crippen molar-refractivity contribution in [3.63, 3.8) is 0 Å². The molecule has 2 rings (SSSR count). The van der Waals surface area contributed by atoms with E-state index in [1.54, 1.807) is 12.1 Å². The largest absolute Gasteiger partial charge is 0.382 e. The maximum atomic E-state index is 11.6. The Morgan fingerprint density at radius 1 is 1.14 bits per heavy atom. The molecule has 5 heteroatoms. The van der Waals surface area contributed by atoms with Crippen LogP contribution in [0.5, 0.6) is 0 Å². The smallest absolute Gasteiger partial charge is 0.238 e. The van der Waals surface area contributed by atoms with E-state index in [1.165, 1.54) is 6.42 Å². The molecule has 21 heavy (non-hydrogen) atoms. The fraction of sp³-hybridized carbons (Fsp3) is 0.625. The van der Waals surface area contributed by atoms with Gasteiger partial charge < -0.3 is 5.32 Å². The molecule has 118 valence electrons. The summed E-state index contributed by atoms with van der Waals surface area (Å²) in [4.78, 5) is 0.185. The van der Waals surface area contributed by atoms with E-state index >= 15 is 0 Å². The van der Waals surface area contributed by atoms with Gasteiger partial charge in [-0.1, -0.05) is 13.8 Å². The molecule has 0 heterocycles. The summed E-state index contributed by atoms with van der Waals surface area (Å²) in [6, 6.07) is 3.71. The summed E-state index contributed by atoms with van der Waals surface area (Å²) in [6.07, 6.45) is 3.47. The van der Waals surface area contributed by atoms with Gasteiger partial charge in [-0.2, -0.15) is 0 Å². The number of hydrogen-bond donors (Lipinski definition) is 2. The van der Waals surface area contributed by atoms with Gasteiger partial charge in [0.2, 0.25) is 10.0 Å². The van der Waals surface area contributed by atoms with Crippen molar-refractivity contribution in [2.24, 2.45) is 17.0 Å². The van der Waals surface area contributed by atoms with Gasteiger partial charge >= 0.3 is 0 Å². The summed E-state index contributed by atoms with van der Waals surface area (Å²) in [7, 11) is -3.66. The molecule has 0 aliphatic heterocycles. The zero-order valence-electron chi connectivity index (χ0n) is 13.3. The van der Waals surface area contributed by atoms with Crippen LogP contribution in [0.4, 0.5) is 5.69 Å². The van der Waals surface area contributed by atoms with Crippen molar-refractivity contribution < 1.29 is 8.42 Å². The number of hydrogen-bond acceptors (Lipinski definition) is 3. The second kappa shape index (κ2) is 5.97. The monoisotopic (exact) mass is 310 g/mol. The molecule has 3 N–H and O–H groups in total. The first-order valence-electron chi connectivity index (χ1n) is 7.59. The number of aryl methyl sites for hydroxylation is 1. The van der Waals surface area contributed by atoms with Crippen LogP contribution >= 0.6 is 0 Å². The molecule has 0 amide bonds. The number of primary sulfonamides is 1. The maximum Gasteiger partial charge on any atom is 0.238 e. The molecule has 1 aromatic carbocycles. The predicted molar refractivity (Wildman–Crippen MR) is 86.9 cm³/mol. The Kier molecular flexibility index (Phi) is 4.63. The van der Waals surface area contributed by atoms with Crippen LogP contribution in [-0.2, 0) is 10.0 Å². The number of nitrogens with one attached hydrogen (secondary N) is 1. The molecule has 0 saturated heterocycles. The molecule has 1 fully saturated rings. The highest BCUT2D eigenvalue weighted by Gasteiger charge is 2.25. The van der Waals surface area contributed by atoms with Crippen molar-refractivity contribution in [1.29, 1.82) is 0 Å². The molecule has 1 aliphatic carbocycles. The fourth-order valence-electron chi connectivity index (χ4n) is 3.04. The van der Waals surface area contributed by atoms with Crippen LogP contribution in [-0.4, -0.2) is 14.5 Å². The second-order valence-corrected chi connectivity index (χ2v) is 8.13. The van der Waals surface area contributed by atoms with Crippen LogP contribution in [0.1, 0.15) is 44.2 Å². The summed E-state index contributed by atoms with van der Waals surface area (Å²) in [5.41, 5.74) is 2.93. The SMILES string of the molecule is Cc1cc(S(N)(=O)=O)cc(NC2CCC(C)C(C)C2)c1C. The van der Waals surface area contributed by atoms with Crippen LogP contribution in [0.25, 0.3) is 0 Å². The minimum Gasteiger partial charge on any atom is -0.382 e. The topological polar surface area (TPSA) is 72.2 Å². The molecule has 1 aromatic rings. The summed E-state index contributed by atoms with van der Waals surface area (Å²) >= 11 is 0. The van der Waals surface area contributed by atoms with E-state index in [2.05, 4.69) is 19.2 Å². The summed E-state index contributed by atoms with van der Waals surface area (Å²) < 4.78 is 23.2. The molecule has 1 saturated carbocycles. The normalized spacial score (nSPS) is 26.6. The number of benzene rings is 1. The number of rotatable bonds is 3. The molecule has 0 aromatic heterocycles. The molecule has 3 unspecified atom stereocenters. The van der Waals surface area contributed by atoms with Crippen molar-refractivity contribution >= 4 is 15.7 Å². The Labute approximate surface area is 128 Å². The Hall–Kier alpha value is -1.07. The van der Waals surface area contributed by atoms with Gasteiger partial charge in [0.05, 0.1) is 4.90 Å². The van der Waals surface area contributed by atoms with Crippen LogP contribution in [0.15, 0.2) is 17.0 Å². The van der Waals surface area contributed by atoms with E-state index < -0.39 is 10.0 Å². The van der Waals surface area contributed by atoms with Crippen LogP contribution in [0, 0.1) is 25.7 Å². The van der Waals surface area contributed by atoms with Gasteiger partial charge in [0.15, 0.2) is 0 Å². The quantitative estimate of drug-likeness (QED) is 0.900. The highest BCUT2D eigenvalue weighted by Crippen LogP contribution is 2.32. The zero-order chi connectivity index (χ0) is 15.8. The fourth-order valence-corrected chi connectivity index (χ4v) is 3.66. The number of anilines is 1. The lowest BCUT2D eigenvalue weighted by Gasteiger charge is -2.33. The lowest BCUT2D eigenvalue weighted by atomic mass is 9.79. The van der Waals surface area contributed by atoms with E-state index in [1.807, 2.05) is 13.8 Å². The average Bonchev–Trinajstić information content (AvgIpc) is 2.38. The van der Waals surface area contributed by atoms with Crippen molar-refractivity contribution in [3.05, 3.63) is 23.3 Å². The van der Waals surface area contributed by atoms with E-state index in [-0.39, 0.29) is 4.90 Å². The van der Waals surface area contributed by atoms with Gasteiger partial charge in [-0.25, -0.2) is 13.6 Å². The first-order chi connectivity index (χ1) is 9.68. The lowest BCUT2D eigenvalue weighted by Crippen LogP contribution is -2.30. The van der Waals surface area contributed by atoms with Gasteiger partial charge in [-0.15, -0.1) is 0 Å². The molecule has 0 bridgehead atoms. The first kappa shape index (κ1) is 16.3. The highest BCUT2D eigenvalue weighted by molar-refractivity contribution is 7.89. The highest BCUT2D eigenvalue weighted by atomic mass is 32.2. The van der Waals surface area contributed by atoms with Crippen molar-refractivity contribution in [1.82, 2.24) is 0 Å². The third-order valence-electron chi connectivity index (χ3n) is 4.93. The number of nitrogens with two attached hydrogens (primary N) is 1. The Bertz CT molecular complexity index is 625. The first-order valence-corrected chi connectivity index (χ1v) is 9.13. The zero-order valence-corrected chi connectivity index (χ0v) is 14.1. The van der Waals surface area contributed by atoms with E-state index in [9.17, 15) is 8.42 Å². The summed E-state index contributed by atoms with van der Waals surface area (Å²) in [5.74, 6) is 1.46. The van der Waals surface area contributed by atoms with Gasteiger partial charge in [0, 0.05) is 11.7 Å². The Balaban J connectivity index is 2.26. The van der Waals surface area contributed by atoms with Gasteiger partial charge in [-0.3, -0.25) is 0 Å². The van der Waals surface area contributed by atoms with Crippen LogP contribution < -0.4 is 10.5 Å². The molecule has 1 aliphatic rings. The van der Waals surface area contributed by atoms with E-state index in [4.69, 9.17) is 5.14 Å². The van der Waals surface area contributed by atoms with Crippen molar-refractivity contribution in [3.8, 4) is 0 Å². The Morgan fingerprint density at radius 3 is 2.38 bits per heavy atom. The van der Waals surface area contributed by atoms with Crippen molar-refractivity contribution in [2.75, 3.05) is 5.32 Å². The predicted octanol–water partition coefficient (Wildman–Crippen LogP) is 3.19. The van der Waals surface area contributed by atoms with Crippen LogP contribution in [0.3, 0.4) is 0 Å². The minimum absolute atomic E-state index is 0.185. The summed E-state index contributed by atoms with van der Waals surface area (Å²) in [6.45, 7) is 8.52. The minimum atomic E-state index is -3.66. The average molecular weight is 310 g/mol. The van der Waals surface area contributed by atoms with E-state index in [0.29, 0.717) is 12.0 Å². The Morgan fingerprint density at radius 2 is 1.81 bits per heavy atom. The van der Waals surface area contributed by atoms with Gasteiger partial charge in [0.1, 0.15) is 0 Å². The molecule has 0 spiro atoms. The second-order valence-electron chi connectivity index (χ2n) is 6.57. The summed E-state index contributed by atoms with van der Waals surface area (Å²) in [5, 5.41) is 8.80. The third kappa shape index (κ3) is 3.77. The third-order valence-corrected chi connectivity index (χ3v) is 5.82. The molecular formula is C16H26N2O2S. The van der Waals surface area contributed by atoms with Gasteiger partial charge in [-0.05, 0) is 68.2 Å². The van der Waals surface area contributed by atoms with Crippen LogP contribution in [0.2, 0.25) is 0 Å². The molecule has 4 nitrogen and oxygen atoms in total. The maximum absolute atomic E-state index is 11.6. The molecule has 3 atom stereocenters. The van der Waals surface area contributed by atoms with E-state index in [0.717, 1.165) is 35.6 Å². The molecular weight excluding hydrogens is 284 g/mol. The van der Waals surface area contributed by atoms with Crippen molar-refractivity contribution in [2.45, 2.75) is 57.9 Å². The number of sulfonamides is 1. The standard InChI is InChI=1S/C16H26N2O2S/c1-10-5-6-14(7-11(10)2)18-16-9-15(21(17,19)20)8-12(3)13(16)4/h8-11,14,18H,5-7H2,1-4H3,(H2,17,19,20). The lowest BCUT2D eigenvalue weighted by molar-refractivity contribution is 0.261. The van der Waals surface area contributed by atoms with Gasteiger partial charge in [0.25, 0.3) is 0 Å².